The number of nitrogens with two attached hydrogens (primary N) is 1. The van der Waals surface area contributed by atoms with Crippen LogP contribution in [0.15, 0.2) is 54.6 Å². The standard InChI is InChI=1S/C20H26N2O/c1-15(2)18-11-9-17(10-12-18)14-22(3)20(23)19(21)13-16-7-5-4-6-8-16/h4-12,15,19H,13-14,21H2,1-3H3. The highest BCUT2D eigenvalue weighted by atomic mass is 16.2. The van der Waals surface area contributed by atoms with Gasteiger partial charge in [0.1, 0.15) is 0 Å². The number of hydrogen-bond donors (Lipinski definition) is 1. The number of hydrogen-bond acceptors (Lipinski definition) is 2. The molecule has 0 aliphatic heterocycles. The SMILES string of the molecule is CC(C)c1ccc(CN(C)C(=O)C(N)Cc2ccccc2)cc1. The number of likely N-dealkylation sites (N-methyl/N-ethyl adjacent to an activating group) is 1. The number of nitrogens with zero attached hydrogens (tertiary/aromatic N) is 1. The van der Waals surface area contributed by atoms with Gasteiger partial charge in [-0.2, -0.15) is 0 Å². The fourth-order valence-corrected chi connectivity index (χ4v) is 2.60. The van der Waals surface area contributed by atoms with Gasteiger partial charge in [-0.1, -0.05) is 68.4 Å². The number of amides is 1. The molecule has 0 saturated carbocycles. The molecule has 2 rings (SSSR count). The van der Waals surface area contributed by atoms with Gasteiger partial charge in [-0.3, -0.25) is 4.79 Å². The maximum Gasteiger partial charge on any atom is 0.239 e. The minimum Gasteiger partial charge on any atom is -0.340 e. The van der Waals surface area contributed by atoms with Crippen LogP contribution in [0.3, 0.4) is 0 Å². The molecule has 0 aliphatic carbocycles. The molecule has 3 nitrogen and oxygen atoms in total. The molecular formula is C20H26N2O. The van der Waals surface area contributed by atoms with Gasteiger partial charge in [-0.05, 0) is 29.0 Å². The van der Waals surface area contributed by atoms with Crippen LogP contribution in [0.5, 0.6) is 0 Å². The second-order valence-electron chi connectivity index (χ2n) is 6.39. The summed E-state index contributed by atoms with van der Waals surface area (Å²) in [6, 6.07) is 17.8. The summed E-state index contributed by atoms with van der Waals surface area (Å²) in [6.45, 7) is 4.93. The van der Waals surface area contributed by atoms with E-state index < -0.39 is 6.04 Å². The molecule has 0 aromatic heterocycles. The van der Waals surface area contributed by atoms with E-state index in [9.17, 15) is 4.79 Å². The van der Waals surface area contributed by atoms with E-state index in [2.05, 4.69) is 38.1 Å². The van der Waals surface area contributed by atoms with Gasteiger partial charge < -0.3 is 10.6 Å². The zero-order valence-electron chi connectivity index (χ0n) is 14.2. The largest absolute Gasteiger partial charge is 0.340 e. The Kier molecular flexibility index (Phi) is 5.94. The monoisotopic (exact) mass is 310 g/mol. The first-order valence-corrected chi connectivity index (χ1v) is 8.10. The summed E-state index contributed by atoms with van der Waals surface area (Å²) in [4.78, 5) is 14.1. The highest BCUT2D eigenvalue weighted by molar-refractivity contribution is 5.81. The van der Waals surface area contributed by atoms with Crippen molar-refractivity contribution >= 4 is 5.91 Å². The molecule has 122 valence electrons. The third-order valence-corrected chi connectivity index (χ3v) is 4.06. The fourth-order valence-electron chi connectivity index (χ4n) is 2.60. The molecule has 2 aromatic rings. The number of benzene rings is 2. The van der Waals surface area contributed by atoms with Gasteiger partial charge in [0, 0.05) is 13.6 Å². The number of carbonyl (C=O) groups is 1. The van der Waals surface area contributed by atoms with E-state index in [1.54, 1.807) is 4.90 Å². The molecule has 0 heterocycles. The number of carbonyl (C=O) groups excluding carboxylic acids is 1. The normalized spacial score (nSPS) is 12.2. The van der Waals surface area contributed by atoms with Crippen LogP contribution in [-0.4, -0.2) is 23.9 Å². The molecule has 0 aliphatic rings. The Morgan fingerprint density at radius 2 is 1.61 bits per heavy atom. The van der Waals surface area contributed by atoms with Crippen molar-refractivity contribution in [3.63, 3.8) is 0 Å². The van der Waals surface area contributed by atoms with Gasteiger partial charge in [0.25, 0.3) is 0 Å². The second-order valence-corrected chi connectivity index (χ2v) is 6.39. The molecule has 1 unspecified atom stereocenters. The lowest BCUT2D eigenvalue weighted by Gasteiger charge is -2.22. The maximum atomic E-state index is 12.4. The topological polar surface area (TPSA) is 46.3 Å². The van der Waals surface area contributed by atoms with Gasteiger partial charge in [-0.15, -0.1) is 0 Å². The lowest BCUT2D eigenvalue weighted by Crippen LogP contribution is -2.42. The summed E-state index contributed by atoms with van der Waals surface area (Å²) in [5, 5.41) is 0. The molecule has 23 heavy (non-hydrogen) atoms. The van der Waals surface area contributed by atoms with Crippen molar-refractivity contribution in [1.29, 1.82) is 0 Å². The van der Waals surface area contributed by atoms with Gasteiger partial charge in [-0.25, -0.2) is 0 Å². The highest BCUT2D eigenvalue weighted by Crippen LogP contribution is 2.15. The van der Waals surface area contributed by atoms with Crippen molar-refractivity contribution < 1.29 is 4.79 Å². The van der Waals surface area contributed by atoms with Crippen LogP contribution in [-0.2, 0) is 17.8 Å². The van der Waals surface area contributed by atoms with E-state index in [-0.39, 0.29) is 5.91 Å². The molecule has 2 aromatic carbocycles. The predicted octanol–water partition coefficient (Wildman–Crippen LogP) is 3.34. The van der Waals surface area contributed by atoms with Crippen molar-refractivity contribution in [2.24, 2.45) is 5.73 Å². The molecule has 0 spiro atoms. The molecule has 0 radical (unpaired) electrons. The van der Waals surface area contributed by atoms with Crippen LogP contribution >= 0.6 is 0 Å². The van der Waals surface area contributed by atoms with Crippen molar-refractivity contribution in [1.82, 2.24) is 4.90 Å². The van der Waals surface area contributed by atoms with Gasteiger partial charge >= 0.3 is 0 Å². The summed E-state index contributed by atoms with van der Waals surface area (Å²) >= 11 is 0. The van der Waals surface area contributed by atoms with E-state index in [0.29, 0.717) is 18.9 Å². The third kappa shape index (κ3) is 4.93. The minimum atomic E-state index is -0.502. The smallest absolute Gasteiger partial charge is 0.239 e. The van der Waals surface area contributed by atoms with E-state index in [4.69, 9.17) is 5.73 Å². The summed E-state index contributed by atoms with van der Waals surface area (Å²) in [7, 11) is 1.81. The van der Waals surface area contributed by atoms with E-state index >= 15 is 0 Å². The quantitative estimate of drug-likeness (QED) is 0.889. The summed E-state index contributed by atoms with van der Waals surface area (Å²) in [5.74, 6) is 0.490. The molecule has 0 fully saturated rings. The van der Waals surface area contributed by atoms with Crippen LogP contribution < -0.4 is 5.73 Å². The van der Waals surface area contributed by atoms with Gasteiger partial charge in [0.2, 0.25) is 5.91 Å². The van der Waals surface area contributed by atoms with Crippen molar-refractivity contribution in [2.45, 2.75) is 38.8 Å². The summed E-state index contributed by atoms with van der Waals surface area (Å²) in [5.41, 5.74) is 9.59. The Bertz CT molecular complexity index is 620. The fraction of sp³-hybridized carbons (Fsp3) is 0.350. The first-order chi connectivity index (χ1) is 11.0. The summed E-state index contributed by atoms with van der Waals surface area (Å²) in [6.07, 6.45) is 0.566. The Balaban J connectivity index is 1.93. The van der Waals surface area contributed by atoms with Crippen LogP contribution in [0.1, 0.15) is 36.5 Å². The van der Waals surface area contributed by atoms with Crippen molar-refractivity contribution in [3.8, 4) is 0 Å². The zero-order chi connectivity index (χ0) is 16.8. The highest BCUT2D eigenvalue weighted by Gasteiger charge is 2.18. The van der Waals surface area contributed by atoms with Crippen LogP contribution in [0, 0.1) is 0 Å². The Hall–Kier alpha value is -2.13. The first kappa shape index (κ1) is 17.2. The average molecular weight is 310 g/mol. The lowest BCUT2D eigenvalue weighted by molar-refractivity contribution is -0.131. The van der Waals surface area contributed by atoms with E-state index in [0.717, 1.165) is 11.1 Å². The molecule has 1 atom stereocenters. The molecular weight excluding hydrogens is 284 g/mol. The number of rotatable bonds is 6. The lowest BCUT2D eigenvalue weighted by atomic mass is 10.0. The third-order valence-electron chi connectivity index (χ3n) is 4.06. The Labute approximate surface area is 139 Å². The minimum absolute atomic E-state index is 0.0261. The maximum absolute atomic E-state index is 12.4. The molecule has 3 heteroatoms. The average Bonchev–Trinajstić information content (AvgIpc) is 2.55. The second kappa shape index (κ2) is 7.93. The van der Waals surface area contributed by atoms with Gasteiger partial charge in [0.15, 0.2) is 0 Å². The molecule has 0 saturated heterocycles. The van der Waals surface area contributed by atoms with Crippen molar-refractivity contribution in [3.05, 3.63) is 71.3 Å². The van der Waals surface area contributed by atoms with Crippen LogP contribution in [0.4, 0.5) is 0 Å². The Morgan fingerprint density at radius 3 is 2.17 bits per heavy atom. The predicted molar refractivity (Wildman–Crippen MR) is 95.1 cm³/mol. The summed E-state index contributed by atoms with van der Waals surface area (Å²) < 4.78 is 0. The van der Waals surface area contributed by atoms with Gasteiger partial charge in [0.05, 0.1) is 6.04 Å². The van der Waals surface area contributed by atoms with E-state index in [1.165, 1.54) is 5.56 Å². The van der Waals surface area contributed by atoms with Crippen LogP contribution in [0.2, 0.25) is 0 Å². The van der Waals surface area contributed by atoms with Crippen LogP contribution in [0.25, 0.3) is 0 Å². The molecule has 2 N–H and O–H groups in total. The van der Waals surface area contributed by atoms with Crippen molar-refractivity contribution in [2.75, 3.05) is 7.05 Å². The molecule has 1 amide bonds. The Morgan fingerprint density at radius 1 is 1.00 bits per heavy atom. The first-order valence-electron chi connectivity index (χ1n) is 8.10. The zero-order valence-corrected chi connectivity index (χ0v) is 14.2. The van der Waals surface area contributed by atoms with E-state index in [1.807, 2.05) is 37.4 Å². The molecule has 0 bridgehead atoms.